The van der Waals surface area contributed by atoms with Crippen LogP contribution in [0.4, 0.5) is 5.69 Å². The molecule has 0 amide bonds. The lowest BCUT2D eigenvalue weighted by atomic mass is 9.88. The van der Waals surface area contributed by atoms with Gasteiger partial charge in [-0.15, -0.1) is 0 Å². The van der Waals surface area contributed by atoms with Crippen molar-refractivity contribution in [2.75, 3.05) is 5.32 Å². The molecule has 1 aliphatic rings. The molecule has 102 valence electrons. The maximum Gasteiger partial charge on any atom is 0.337 e. The minimum atomic E-state index is -0.885. The van der Waals surface area contributed by atoms with Crippen molar-refractivity contribution < 1.29 is 9.90 Å². The lowest BCUT2D eigenvalue weighted by Gasteiger charge is -2.26. The van der Waals surface area contributed by atoms with Gasteiger partial charge in [-0.3, -0.25) is 0 Å². The molecule has 0 saturated heterocycles. The normalized spacial score (nSPS) is 17.3. The van der Waals surface area contributed by atoms with Crippen LogP contribution in [0.1, 0.15) is 27.9 Å². The van der Waals surface area contributed by atoms with Gasteiger partial charge >= 0.3 is 5.97 Å². The Morgan fingerprint density at radius 1 is 1.05 bits per heavy atom. The third kappa shape index (κ3) is 2.52. The smallest absolute Gasteiger partial charge is 0.337 e. The number of benzene rings is 2. The number of carbonyl (C=O) groups is 1. The van der Waals surface area contributed by atoms with Gasteiger partial charge < -0.3 is 10.4 Å². The Hall–Kier alpha value is -2.29. The molecule has 0 spiro atoms. The van der Waals surface area contributed by atoms with Crippen molar-refractivity contribution in [1.29, 1.82) is 0 Å². The molecule has 0 aliphatic heterocycles. The van der Waals surface area contributed by atoms with Crippen LogP contribution in [0.15, 0.2) is 48.5 Å². The van der Waals surface area contributed by atoms with E-state index in [4.69, 9.17) is 0 Å². The molecule has 0 fully saturated rings. The topological polar surface area (TPSA) is 49.3 Å². The number of rotatable bonds is 3. The van der Waals surface area contributed by atoms with E-state index in [1.807, 2.05) is 12.1 Å². The second kappa shape index (κ2) is 5.37. The molecule has 1 atom stereocenters. The highest BCUT2D eigenvalue weighted by atomic mass is 16.4. The first-order valence-corrected chi connectivity index (χ1v) is 6.89. The Bertz CT molecular complexity index is 636. The van der Waals surface area contributed by atoms with Gasteiger partial charge in [0.25, 0.3) is 0 Å². The van der Waals surface area contributed by atoms with Crippen LogP contribution in [0.5, 0.6) is 0 Å². The zero-order valence-electron chi connectivity index (χ0n) is 11.2. The number of carboxylic acids is 1. The van der Waals surface area contributed by atoms with Gasteiger partial charge in [-0.25, -0.2) is 4.79 Å². The molecule has 3 heteroatoms. The summed E-state index contributed by atoms with van der Waals surface area (Å²) in [5, 5.41) is 12.6. The molecule has 0 saturated carbocycles. The van der Waals surface area contributed by atoms with Crippen molar-refractivity contribution in [1.82, 2.24) is 0 Å². The molecule has 3 rings (SSSR count). The number of aryl methyl sites for hydroxylation is 1. The van der Waals surface area contributed by atoms with E-state index in [-0.39, 0.29) is 0 Å². The second-order valence-corrected chi connectivity index (χ2v) is 5.20. The van der Waals surface area contributed by atoms with Crippen LogP contribution in [0, 0.1) is 0 Å². The lowest BCUT2D eigenvalue weighted by Crippen LogP contribution is -2.28. The van der Waals surface area contributed by atoms with E-state index in [1.54, 1.807) is 12.1 Å². The number of carboxylic acid groups (broad SMARTS) is 1. The van der Waals surface area contributed by atoms with Gasteiger partial charge in [-0.05, 0) is 42.5 Å². The van der Waals surface area contributed by atoms with Crippen LogP contribution in [-0.2, 0) is 12.8 Å². The molecule has 2 aromatic carbocycles. The lowest BCUT2D eigenvalue weighted by molar-refractivity contribution is 0.0698. The molecule has 1 aliphatic carbocycles. The summed E-state index contributed by atoms with van der Waals surface area (Å²) in [6.45, 7) is 0. The molecule has 1 unspecified atom stereocenters. The van der Waals surface area contributed by atoms with Gasteiger partial charge in [0.15, 0.2) is 0 Å². The summed E-state index contributed by atoms with van der Waals surface area (Å²) < 4.78 is 0. The maximum absolute atomic E-state index is 11.2. The van der Waals surface area contributed by atoms with E-state index >= 15 is 0 Å². The highest BCUT2D eigenvalue weighted by molar-refractivity contribution is 5.94. The van der Waals surface area contributed by atoms with Crippen LogP contribution < -0.4 is 5.32 Å². The fourth-order valence-electron chi connectivity index (χ4n) is 2.84. The Kier molecular flexibility index (Phi) is 3.42. The first kappa shape index (κ1) is 12.7. The Balaban J connectivity index is 1.79. The second-order valence-electron chi connectivity index (χ2n) is 5.20. The van der Waals surface area contributed by atoms with Crippen molar-refractivity contribution in [3.63, 3.8) is 0 Å². The summed E-state index contributed by atoms with van der Waals surface area (Å²) in [7, 11) is 0. The van der Waals surface area contributed by atoms with E-state index in [1.165, 1.54) is 11.1 Å². The number of nitrogens with one attached hydrogen (secondary N) is 1. The zero-order valence-corrected chi connectivity index (χ0v) is 11.2. The third-order valence-electron chi connectivity index (χ3n) is 3.86. The van der Waals surface area contributed by atoms with Gasteiger partial charge in [0.1, 0.15) is 0 Å². The molecular weight excluding hydrogens is 250 g/mol. The van der Waals surface area contributed by atoms with E-state index < -0.39 is 5.97 Å². The fraction of sp³-hybridized carbons (Fsp3) is 0.235. The molecule has 2 aromatic rings. The minimum absolute atomic E-state index is 0.297. The van der Waals surface area contributed by atoms with Gasteiger partial charge in [0.05, 0.1) is 5.56 Å². The first-order chi connectivity index (χ1) is 9.74. The average Bonchev–Trinajstić information content (AvgIpc) is 2.47. The highest BCUT2D eigenvalue weighted by Crippen LogP contribution is 2.25. The zero-order chi connectivity index (χ0) is 13.9. The SMILES string of the molecule is O=C(O)c1ccccc1NC1CCc2ccccc2C1. The number of hydrogen-bond acceptors (Lipinski definition) is 2. The Labute approximate surface area is 118 Å². The molecule has 20 heavy (non-hydrogen) atoms. The van der Waals surface area contributed by atoms with Crippen LogP contribution in [0.2, 0.25) is 0 Å². The number of anilines is 1. The Morgan fingerprint density at radius 3 is 2.55 bits per heavy atom. The number of aromatic carboxylic acids is 1. The maximum atomic E-state index is 11.2. The standard InChI is InChI=1S/C17H17NO2/c19-17(20)15-7-3-4-8-16(15)18-14-10-9-12-5-1-2-6-13(12)11-14/h1-8,14,18H,9-11H2,(H,19,20). The van der Waals surface area contributed by atoms with E-state index in [2.05, 4.69) is 29.6 Å². The monoisotopic (exact) mass is 267 g/mol. The first-order valence-electron chi connectivity index (χ1n) is 6.89. The minimum Gasteiger partial charge on any atom is -0.478 e. The van der Waals surface area contributed by atoms with Gasteiger partial charge in [-0.1, -0.05) is 36.4 Å². The molecule has 3 nitrogen and oxygen atoms in total. The fourth-order valence-corrected chi connectivity index (χ4v) is 2.84. The molecule has 0 aromatic heterocycles. The van der Waals surface area contributed by atoms with Crippen molar-refractivity contribution >= 4 is 11.7 Å². The summed E-state index contributed by atoms with van der Waals surface area (Å²) in [6, 6.07) is 15.9. The average molecular weight is 267 g/mol. The molecule has 0 radical (unpaired) electrons. The van der Waals surface area contributed by atoms with Crippen molar-refractivity contribution in [3.8, 4) is 0 Å². The number of fused-ring (bicyclic) bond motifs is 1. The third-order valence-corrected chi connectivity index (χ3v) is 3.86. The van der Waals surface area contributed by atoms with Crippen molar-refractivity contribution in [3.05, 3.63) is 65.2 Å². The summed E-state index contributed by atoms with van der Waals surface area (Å²) in [6.07, 6.45) is 3.03. The number of para-hydroxylation sites is 1. The highest BCUT2D eigenvalue weighted by Gasteiger charge is 2.19. The predicted molar refractivity (Wildman–Crippen MR) is 79.3 cm³/mol. The van der Waals surface area contributed by atoms with E-state index in [9.17, 15) is 9.90 Å². The molecule has 0 bridgehead atoms. The molecular formula is C17H17NO2. The van der Waals surface area contributed by atoms with Crippen LogP contribution in [-0.4, -0.2) is 17.1 Å². The van der Waals surface area contributed by atoms with Crippen LogP contribution >= 0.6 is 0 Å². The van der Waals surface area contributed by atoms with E-state index in [0.717, 1.165) is 19.3 Å². The summed E-state index contributed by atoms with van der Waals surface area (Å²) in [4.78, 5) is 11.2. The van der Waals surface area contributed by atoms with Gasteiger partial charge in [-0.2, -0.15) is 0 Å². The number of hydrogen-bond donors (Lipinski definition) is 2. The summed E-state index contributed by atoms with van der Waals surface area (Å²) in [5.74, 6) is -0.885. The van der Waals surface area contributed by atoms with Crippen molar-refractivity contribution in [2.24, 2.45) is 0 Å². The van der Waals surface area contributed by atoms with E-state index in [0.29, 0.717) is 17.3 Å². The predicted octanol–water partition coefficient (Wildman–Crippen LogP) is 3.35. The van der Waals surface area contributed by atoms with Crippen LogP contribution in [0.3, 0.4) is 0 Å². The van der Waals surface area contributed by atoms with Crippen molar-refractivity contribution in [2.45, 2.75) is 25.3 Å². The van der Waals surface area contributed by atoms with Gasteiger partial charge in [0, 0.05) is 11.7 Å². The van der Waals surface area contributed by atoms with Crippen LogP contribution in [0.25, 0.3) is 0 Å². The van der Waals surface area contributed by atoms with Gasteiger partial charge in [0.2, 0.25) is 0 Å². The largest absolute Gasteiger partial charge is 0.478 e. The molecule has 0 heterocycles. The quantitative estimate of drug-likeness (QED) is 0.896. The summed E-state index contributed by atoms with van der Waals surface area (Å²) in [5.41, 5.74) is 3.83. The summed E-state index contributed by atoms with van der Waals surface area (Å²) >= 11 is 0. The molecule has 2 N–H and O–H groups in total. The Morgan fingerprint density at radius 2 is 1.75 bits per heavy atom.